The number of nitrogens with one attached hydrogen (secondary N) is 1. The predicted octanol–water partition coefficient (Wildman–Crippen LogP) is 2.63. The van der Waals surface area contributed by atoms with Crippen molar-refractivity contribution in [3.8, 4) is 11.1 Å². The molecule has 2 aliphatic rings. The summed E-state index contributed by atoms with van der Waals surface area (Å²) in [5.41, 5.74) is 3.37. The summed E-state index contributed by atoms with van der Waals surface area (Å²) >= 11 is 0. The number of rotatable bonds is 3. The first-order valence-corrected chi connectivity index (χ1v) is 8.90. The molecule has 2 aliphatic heterocycles. The van der Waals surface area contributed by atoms with Crippen molar-refractivity contribution < 1.29 is 9.59 Å². The molecule has 2 saturated heterocycles. The topological polar surface area (TPSA) is 49.4 Å². The van der Waals surface area contributed by atoms with Gasteiger partial charge in [-0.25, -0.2) is 0 Å². The Hall–Kier alpha value is -2.62. The van der Waals surface area contributed by atoms with Gasteiger partial charge in [0.2, 0.25) is 11.8 Å². The van der Waals surface area contributed by atoms with E-state index < -0.39 is 0 Å². The number of piperidine rings is 1. The summed E-state index contributed by atoms with van der Waals surface area (Å²) in [6, 6.07) is 18.6. The molecule has 2 aromatic carbocycles. The predicted molar refractivity (Wildman–Crippen MR) is 96.8 cm³/mol. The Morgan fingerprint density at radius 1 is 1.04 bits per heavy atom. The first kappa shape index (κ1) is 15.9. The van der Waals surface area contributed by atoms with E-state index in [0.29, 0.717) is 25.3 Å². The van der Waals surface area contributed by atoms with Gasteiger partial charge in [0.05, 0.1) is 6.42 Å². The molecular weight excluding hydrogens is 312 g/mol. The maximum absolute atomic E-state index is 12.6. The lowest BCUT2D eigenvalue weighted by atomic mass is 9.92. The van der Waals surface area contributed by atoms with E-state index in [1.54, 1.807) is 0 Å². The molecule has 0 spiro atoms. The molecule has 2 atom stereocenters. The Morgan fingerprint density at radius 2 is 1.76 bits per heavy atom. The minimum atomic E-state index is 0.126. The van der Waals surface area contributed by atoms with Gasteiger partial charge in [0.15, 0.2) is 0 Å². The quantitative estimate of drug-likeness (QED) is 0.938. The van der Waals surface area contributed by atoms with E-state index >= 15 is 0 Å². The number of benzene rings is 2. The van der Waals surface area contributed by atoms with Crippen LogP contribution in [0, 0.1) is 5.92 Å². The molecule has 0 saturated carbocycles. The number of nitrogens with zero attached hydrogens (tertiary/aromatic N) is 1. The van der Waals surface area contributed by atoms with Crippen LogP contribution in [-0.4, -0.2) is 35.8 Å². The Morgan fingerprint density at radius 3 is 2.52 bits per heavy atom. The second kappa shape index (κ2) is 6.71. The van der Waals surface area contributed by atoms with Gasteiger partial charge in [0.25, 0.3) is 0 Å². The zero-order chi connectivity index (χ0) is 17.2. The number of fused-ring (bicyclic) bond motifs is 1. The van der Waals surface area contributed by atoms with Crippen LogP contribution in [0.5, 0.6) is 0 Å². The smallest absolute Gasteiger partial charge is 0.227 e. The van der Waals surface area contributed by atoms with Gasteiger partial charge in [-0.15, -0.1) is 0 Å². The standard InChI is InChI=1S/C21H22N2O2/c24-20-13-18-10-11-23(14-19(18)22-20)21(25)12-15-6-8-17(9-7-15)16-4-2-1-3-5-16/h1-9,18-19H,10-14H2,(H,22,24)/t18-,19-/m1/s1. The SMILES string of the molecule is O=C1C[C@H]2CCN(C(=O)Cc3ccc(-c4ccccc4)cc3)C[C@H]2N1. The molecule has 2 heterocycles. The highest BCUT2D eigenvalue weighted by atomic mass is 16.2. The molecule has 0 radical (unpaired) electrons. The number of carbonyl (C=O) groups excluding carboxylic acids is 2. The minimum Gasteiger partial charge on any atom is -0.351 e. The Kier molecular flexibility index (Phi) is 4.26. The van der Waals surface area contributed by atoms with Crippen LogP contribution in [0.15, 0.2) is 54.6 Å². The lowest BCUT2D eigenvalue weighted by Gasteiger charge is -2.34. The van der Waals surface area contributed by atoms with Crippen molar-refractivity contribution in [3.63, 3.8) is 0 Å². The largest absolute Gasteiger partial charge is 0.351 e. The number of hydrogen-bond donors (Lipinski definition) is 1. The third-order valence-corrected chi connectivity index (χ3v) is 5.32. The van der Waals surface area contributed by atoms with Crippen LogP contribution in [0.2, 0.25) is 0 Å². The second-order valence-corrected chi connectivity index (χ2v) is 7.01. The van der Waals surface area contributed by atoms with Crippen LogP contribution in [0.3, 0.4) is 0 Å². The van der Waals surface area contributed by atoms with Crippen LogP contribution in [0.4, 0.5) is 0 Å². The van der Waals surface area contributed by atoms with Gasteiger partial charge in [-0.1, -0.05) is 54.6 Å². The number of amides is 2. The zero-order valence-electron chi connectivity index (χ0n) is 14.2. The van der Waals surface area contributed by atoms with E-state index in [0.717, 1.165) is 24.1 Å². The van der Waals surface area contributed by atoms with Crippen LogP contribution in [0.1, 0.15) is 18.4 Å². The van der Waals surface area contributed by atoms with Crippen molar-refractivity contribution >= 4 is 11.8 Å². The molecule has 0 aromatic heterocycles. The fourth-order valence-electron chi connectivity index (χ4n) is 3.87. The molecule has 2 amide bonds. The molecule has 1 N–H and O–H groups in total. The summed E-state index contributed by atoms with van der Waals surface area (Å²) < 4.78 is 0. The third-order valence-electron chi connectivity index (χ3n) is 5.32. The third kappa shape index (κ3) is 3.43. The van der Waals surface area contributed by atoms with Gasteiger partial charge in [-0.05, 0) is 29.0 Å². The highest BCUT2D eigenvalue weighted by Gasteiger charge is 2.37. The van der Waals surface area contributed by atoms with E-state index in [-0.39, 0.29) is 17.9 Å². The van der Waals surface area contributed by atoms with Crippen molar-refractivity contribution in [2.24, 2.45) is 5.92 Å². The molecule has 4 rings (SSSR count). The molecule has 0 unspecified atom stereocenters. The number of hydrogen-bond acceptors (Lipinski definition) is 2. The van der Waals surface area contributed by atoms with Gasteiger partial charge in [0.1, 0.15) is 0 Å². The minimum absolute atomic E-state index is 0.126. The summed E-state index contributed by atoms with van der Waals surface area (Å²) in [5, 5.41) is 3.00. The molecule has 0 bridgehead atoms. The first-order valence-electron chi connectivity index (χ1n) is 8.90. The number of carbonyl (C=O) groups is 2. The highest BCUT2D eigenvalue weighted by Crippen LogP contribution is 2.26. The summed E-state index contributed by atoms with van der Waals surface area (Å²) in [6.07, 6.45) is 1.95. The normalized spacial score (nSPS) is 22.4. The Balaban J connectivity index is 1.39. The molecular formula is C21H22N2O2. The second-order valence-electron chi connectivity index (χ2n) is 7.01. The van der Waals surface area contributed by atoms with E-state index in [2.05, 4.69) is 29.6 Å². The van der Waals surface area contributed by atoms with Gasteiger partial charge in [-0.2, -0.15) is 0 Å². The Labute approximate surface area is 147 Å². The van der Waals surface area contributed by atoms with Gasteiger partial charge >= 0.3 is 0 Å². The van der Waals surface area contributed by atoms with Gasteiger partial charge in [0, 0.05) is 25.6 Å². The maximum Gasteiger partial charge on any atom is 0.227 e. The molecule has 0 aliphatic carbocycles. The monoisotopic (exact) mass is 334 g/mol. The average molecular weight is 334 g/mol. The molecule has 4 nitrogen and oxygen atoms in total. The first-order chi connectivity index (χ1) is 12.2. The summed E-state index contributed by atoms with van der Waals surface area (Å²) in [7, 11) is 0. The van der Waals surface area contributed by atoms with Crippen molar-refractivity contribution in [2.75, 3.05) is 13.1 Å². The summed E-state index contributed by atoms with van der Waals surface area (Å²) in [4.78, 5) is 26.0. The molecule has 128 valence electrons. The molecule has 2 fully saturated rings. The van der Waals surface area contributed by atoms with Gasteiger partial charge in [-0.3, -0.25) is 9.59 Å². The fourth-order valence-corrected chi connectivity index (χ4v) is 3.87. The van der Waals surface area contributed by atoms with E-state index in [1.807, 2.05) is 35.2 Å². The van der Waals surface area contributed by atoms with E-state index in [4.69, 9.17) is 0 Å². The molecule has 2 aromatic rings. The zero-order valence-corrected chi connectivity index (χ0v) is 14.2. The van der Waals surface area contributed by atoms with Crippen molar-refractivity contribution in [1.29, 1.82) is 0 Å². The molecule has 4 heteroatoms. The highest BCUT2D eigenvalue weighted by molar-refractivity contribution is 5.81. The maximum atomic E-state index is 12.6. The van der Waals surface area contributed by atoms with Crippen LogP contribution in [0.25, 0.3) is 11.1 Å². The fraction of sp³-hybridized carbons (Fsp3) is 0.333. The van der Waals surface area contributed by atoms with Crippen LogP contribution < -0.4 is 5.32 Å². The van der Waals surface area contributed by atoms with Crippen LogP contribution in [-0.2, 0) is 16.0 Å². The van der Waals surface area contributed by atoms with E-state index in [9.17, 15) is 9.59 Å². The average Bonchev–Trinajstić information content (AvgIpc) is 3.02. The van der Waals surface area contributed by atoms with E-state index in [1.165, 1.54) is 5.56 Å². The van der Waals surface area contributed by atoms with Crippen molar-refractivity contribution in [2.45, 2.75) is 25.3 Å². The van der Waals surface area contributed by atoms with Crippen molar-refractivity contribution in [3.05, 3.63) is 60.2 Å². The van der Waals surface area contributed by atoms with Crippen molar-refractivity contribution in [1.82, 2.24) is 10.2 Å². The summed E-state index contributed by atoms with van der Waals surface area (Å²) in [5.74, 6) is 0.676. The number of likely N-dealkylation sites (tertiary alicyclic amines) is 1. The molecule has 25 heavy (non-hydrogen) atoms. The van der Waals surface area contributed by atoms with Gasteiger partial charge < -0.3 is 10.2 Å². The van der Waals surface area contributed by atoms with Crippen LogP contribution >= 0.6 is 0 Å². The lowest BCUT2D eigenvalue weighted by Crippen LogP contribution is -2.49. The Bertz CT molecular complexity index is 770. The summed E-state index contributed by atoms with van der Waals surface area (Å²) in [6.45, 7) is 1.41. The lowest BCUT2D eigenvalue weighted by molar-refractivity contribution is -0.132.